The second kappa shape index (κ2) is 12.1. The van der Waals surface area contributed by atoms with Crippen molar-refractivity contribution in [1.82, 2.24) is 4.90 Å². The van der Waals surface area contributed by atoms with E-state index in [1.807, 2.05) is 74.5 Å². The summed E-state index contributed by atoms with van der Waals surface area (Å²) < 4.78 is 5.71. The van der Waals surface area contributed by atoms with Gasteiger partial charge < -0.3 is 14.7 Å². The van der Waals surface area contributed by atoms with E-state index in [2.05, 4.69) is 0 Å². The predicted octanol–water partition coefficient (Wildman–Crippen LogP) is 5.46. The van der Waals surface area contributed by atoms with Gasteiger partial charge in [-0.1, -0.05) is 54.6 Å². The average Bonchev–Trinajstić information content (AvgIpc) is 2.83. The van der Waals surface area contributed by atoms with Gasteiger partial charge >= 0.3 is 5.97 Å². The molecule has 6 heteroatoms. The fourth-order valence-electron chi connectivity index (χ4n) is 3.45. The molecule has 172 valence electrons. The predicted molar refractivity (Wildman–Crippen MR) is 132 cm³/mol. The molecule has 0 atom stereocenters. The molecule has 1 amide bonds. The first-order chi connectivity index (χ1) is 16.0. The number of benzene rings is 3. The first-order valence-corrected chi connectivity index (χ1v) is 12.0. The van der Waals surface area contributed by atoms with Crippen LogP contribution in [-0.2, 0) is 17.8 Å². The molecule has 0 fully saturated rings. The first kappa shape index (κ1) is 24.4. The lowest BCUT2D eigenvalue weighted by Crippen LogP contribution is -2.34. The number of carboxylic acid groups (broad SMARTS) is 1. The Morgan fingerprint density at radius 2 is 1.67 bits per heavy atom. The number of hydrogen-bond acceptors (Lipinski definition) is 4. The van der Waals surface area contributed by atoms with Crippen LogP contribution < -0.4 is 4.74 Å². The van der Waals surface area contributed by atoms with Crippen LogP contribution in [0.25, 0.3) is 0 Å². The summed E-state index contributed by atoms with van der Waals surface area (Å²) >= 11 is 1.56. The number of carboxylic acids is 1. The second-order valence-electron chi connectivity index (χ2n) is 7.68. The van der Waals surface area contributed by atoms with Gasteiger partial charge in [-0.2, -0.15) is 0 Å². The minimum absolute atomic E-state index is 0.00111. The number of thioether (sulfide) groups is 1. The molecule has 0 saturated heterocycles. The van der Waals surface area contributed by atoms with Gasteiger partial charge in [0, 0.05) is 23.7 Å². The average molecular weight is 464 g/mol. The van der Waals surface area contributed by atoms with Crippen molar-refractivity contribution in [2.24, 2.45) is 0 Å². The SMILES string of the molecule is CCN(Cc1ccccc1)C(=O)COc1ccc(CCSc2c(C)cccc2C(=O)O)cc1. The van der Waals surface area contributed by atoms with Crippen molar-refractivity contribution in [3.05, 3.63) is 95.1 Å². The van der Waals surface area contributed by atoms with E-state index >= 15 is 0 Å². The molecule has 0 radical (unpaired) electrons. The molecular weight excluding hydrogens is 434 g/mol. The third-order valence-electron chi connectivity index (χ3n) is 5.32. The van der Waals surface area contributed by atoms with E-state index in [4.69, 9.17) is 4.74 Å². The Hall–Kier alpha value is -3.25. The summed E-state index contributed by atoms with van der Waals surface area (Å²) in [6, 6.07) is 23.0. The minimum atomic E-state index is -0.900. The highest BCUT2D eigenvalue weighted by molar-refractivity contribution is 7.99. The van der Waals surface area contributed by atoms with Crippen molar-refractivity contribution in [1.29, 1.82) is 0 Å². The maximum absolute atomic E-state index is 12.6. The van der Waals surface area contributed by atoms with E-state index in [-0.39, 0.29) is 12.5 Å². The van der Waals surface area contributed by atoms with Gasteiger partial charge in [0.1, 0.15) is 5.75 Å². The summed E-state index contributed by atoms with van der Waals surface area (Å²) in [7, 11) is 0. The minimum Gasteiger partial charge on any atom is -0.484 e. The van der Waals surface area contributed by atoms with Gasteiger partial charge in [-0.3, -0.25) is 4.79 Å². The highest BCUT2D eigenvalue weighted by Crippen LogP contribution is 2.27. The molecule has 0 heterocycles. The molecule has 0 unspecified atom stereocenters. The van der Waals surface area contributed by atoms with Crippen LogP contribution >= 0.6 is 11.8 Å². The number of hydrogen-bond donors (Lipinski definition) is 1. The van der Waals surface area contributed by atoms with Crippen molar-refractivity contribution in [3.63, 3.8) is 0 Å². The lowest BCUT2D eigenvalue weighted by atomic mass is 10.1. The number of rotatable bonds is 11. The Bertz CT molecular complexity index is 1070. The summed E-state index contributed by atoms with van der Waals surface area (Å²) in [4.78, 5) is 26.6. The van der Waals surface area contributed by atoms with Crippen LogP contribution in [0.15, 0.2) is 77.7 Å². The Labute approximate surface area is 199 Å². The van der Waals surface area contributed by atoms with E-state index < -0.39 is 5.97 Å². The fourth-order valence-corrected chi connectivity index (χ4v) is 4.60. The number of ether oxygens (including phenoxy) is 1. The molecule has 0 aliphatic rings. The van der Waals surface area contributed by atoms with Crippen molar-refractivity contribution in [3.8, 4) is 5.75 Å². The molecule has 0 spiro atoms. The van der Waals surface area contributed by atoms with Crippen molar-refractivity contribution in [2.75, 3.05) is 18.9 Å². The van der Waals surface area contributed by atoms with E-state index in [1.165, 1.54) is 0 Å². The lowest BCUT2D eigenvalue weighted by molar-refractivity contribution is -0.133. The molecule has 3 aromatic rings. The molecule has 0 aromatic heterocycles. The molecule has 0 aliphatic heterocycles. The first-order valence-electron chi connectivity index (χ1n) is 11.0. The number of amides is 1. The molecule has 1 N–H and O–H groups in total. The third kappa shape index (κ3) is 7.12. The molecule has 33 heavy (non-hydrogen) atoms. The summed E-state index contributed by atoms with van der Waals surface area (Å²) in [6.07, 6.45) is 0.804. The zero-order valence-electron chi connectivity index (χ0n) is 19.0. The van der Waals surface area contributed by atoms with Gasteiger partial charge in [0.25, 0.3) is 5.91 Å². The molecule has 0 saturated carbocycles. The number of carbonyl (C=O) groups excluding carboxylic acids is 1. The van der Waals surface area contributed by atoms with Crippen molar-refractivity contribution < 1.29 is 19.4 Å². The van der Waals surface area contributed by atoms with Crippen molar-refractivity contribution in [2.45, 2.75) is 31.7 Å². The topological polar surface area (TPSA) is 66.8 Å². The number of nitrogens with zero attached hydrogens (tertiary/aromatic N) is 1. The smallest absolute Gasteiger partial charge is 0.336 e. The highest BCUT2D eigenvalue weighted by atomic mass is 32.2. The van der Waals surface area contributed by atoms with E-state index in [0.717, 1.165) is 33.8 Å². The molecule has 0 bridgehead atoms. The van der Waals surface area contributed by atoms with E-state index in [1.54, 1.807) is 28.8 Å². The van der Waals surface area contributed by atoms with Gasteiger partial charge in [0.15, 0.2) is 6.61 Å². The maximum Gasteiger partial charge on any atom is 0.336 e. The van der Waals surface area contributed by atoms with Gasteiger partial charge in [-0.25, -0.2) is 4.79 Å². The van der Waals surface area contributed by atoms with Crippen LogP contribution in [0.5, 0.6) is 5.75 Å². The third-order valence-corrected chi connectivity index (χ3v) is 6.55. The summed E-state index contributed by atoms with van der Waals surface area (Å²) in [5.41, 5.74) is 3.55. The van der Waals surface area contributed by atoms with Gasteiger partial charge in [-0.15, -0.1) is 11.8 Å². The molecule has 0 aliphatic carbocycles. The summed E-state index contributed by atoms with van der Waals surface area (Å²) in [5, 5.41) is 9.40. The maximum atomic E-state index is 12.6. The van der Waals surface area contributed by atoms with Crippen LogP contribution in [0.1, 0.15) is 34.0 Å². The number of aromatic carboxylic acids is 1. The molecule has 3 aromatic carbocycles. The van der Waals surface area contributed by atoms with E-state index in [0.29, 0.717) is 24.4 Å². The number of aryl methyl sites for hydroxylation is 2. The zero-order chi connectivity index (χ0) is 23.6. The Balaban J connectivity index is 1.48. The van der Waals surface area contributed by atoms with Crippen LogP contribution in [0.4, 0.5) is 0 Å². The summed E-state index contributed by atoms with van der Waals surface area (Å²) in [5.74, 6) is 0.480. The standard InChI is InChI=1S/C27H29NO4S/c1-3-28(18-22-9-5-4-6-10-22)25(29)19-32-23-14-12-21(13-15-23)16-17-33-26-20(2)8-7-11-24(26)27(30)31/h4-15H,3,16-19H2,1-2H3,(H,30,31). The Kier molecular flexibility index (Phi) is 8.95. The number of carbonyl (C=O) groups is 2. The quantitative estimate of drug-likeness (QED) is 0.383. The van der Waals surface area contributed by atoms with Crippen LogP contribution in [0.3, 0.4) is 0 Å². The second-order valence-corrected chi connectivity index (χ2v) is 8.79. The number of likely N-dealkylation sites (N-methyl/N-ethyl adjacent to an activating group) is 1. The van der Waals surface area contributed by atoms with Crippen molar-refractivity contribution >= 4 is 23.6 Å². The van der Waals surface area contributed by atoms with Gasteiger partial charge in [0.05, 0.1) is 5.56 Å². The van der Waals surface area contributed by atoms with E-state index in [9.17, 15) is 14.7 Å². The highest BCUT2D eigenvalue weighted by Gasteiger charge is 2.14. The molecule has 5 nitrogen and oxygen atoms in total. The molecular formula is C27H29NO4S. The molecule has 3 rings (SSSR count). The van der Waals surface area contributed by atoms with Crippen LogP contribution in [-0.4, -0.2) is 40.8 Å². The largest absolute Gasteiger partial charge is 0.484 e. The Morgan fingerprint density at radius 1 is 0.939 bits per heavy atom. The monoisotopic (exact) mass is 463 g/mol. The fraction of sp³-hybridized carbons (Fsp3) is 0.259. The zero-order valence-corrected chi connectivity index (χ0v) is 19.8. The normalized spacial score (nSPS) is 10.6. The van der Waals surface area contributed by atoms with Gasteiger partial charge in [-0.05, 0) is 55.2 Å². The lowest BCUT2D eigenvalue weighted by Gasteiger charge is -2.21. The van der Waals surface area contributed by atoms with Crippen LogP contribution in [0, 0.1) is 6.92 Å². The Morgan fingerprint density at radius 3 is 2.33 bits per heavy atom. The van der Waals surface area contributed by atoms with Crippen LogP contribution in [0.2, 0.25) is 0 Å². The van der Waals surface area contributed by atoms with Gasteiger partial charge in [0.2, 0.25) is 0 Å². The summed E-state index contributed by atoms with van der Waals surface area (Å²) in [6.45, 7) is 5.09.